The second-order valence-corrected chi connectivity index (χ2v) is 11.7. The number of anilines is 1. The summed E-state index contributed by atoms with van der Waals surface area (Å²) in [5.41, 5.74) is 0.574. The topological polar surface area (TPSA) is 96.8 Å². The number of alkyl halides is 1. The largest absolute Gasteiger partial charge is 0.393 e. The molecule has 2 fully saturated rings. The van der Waals surface area contributed by atoms with E-state index in [4.69, 9.17) is 21.1 Å². The quantitative estimate of drug-likeness (QED) is 0.272. The Balaban J connectivity index is 1.22. The van der Waals surface area contributed by atoms with E-state index in [1.165, 1.54) is 6.08 Å². The van der Waals surface area contributed by atoms with E-state index in [2.05, 4.69) is 26.8 Å². The second-order valence-electron chi connectivity index (χ2n) is 11.4. The number of nitrogens with one attached hydrogen (secondary N) is 1. The number of methoxy groups -OCH3 is 1. The van der Waals surface area contributed by atoms with Crippen LogP contribution < -0.4 is 5.32 Å². The van der Waals surface area contributed by atoms with E-state index in [1.54, 1.807) is 25.3 Å². The van der Waals surface area contributed by atoms with Gasteiger partial charge in [0.2, 0.25) is 5.28 Å². The van der Waals surface area contributed by atoms with Crippen molar-refractivity contribution in [3.05, 3.63) is 64.6 Å². The maximum atomic E-state index is 15.3. The zero-order chi connectivity index (χ0) is 28.5. The van der Waals surface area contributed by atoms with Crippen molar-refractivity contribution in [3.8, 4) is 0 Å². The molecule has 1 aromatic heterocycles. The molecule has 1 aliphatic carbocycles. The van der Waals surface area contributed by atoms with Gasteiger partial charge in [-0.3, -0.25) is 9.69 Å². The first-order chi connectivity index (χ1) is 19.2. The van der Waals surface area contributed by atoms with Crippen molar-refractivity contribution in [2.24, 2.45) is 5.92 Å². The summed E-state index contributed by atoms with van der Waals surface area (Å²) >= 11 is 6.30. The average Bonchev–Trinajstić information content (AvgIpc) is 3.31. The number of nitrogens with zero attached hydrogens (tertiary/aromatic N) is 3. The summed E-state index contributed by atoms with van der Waals surface area (Å²) in [5, 5.41) is 13.3. The normalized spacial score (nSPS) is 22.5. The highest BCUT2D eigenvalue weighted by Gasteiger charge is 2.52. The van der Waals surface area contributed by atoms with E-state index in [-0.39, 0.29) is 29.4 Å². The zero-order valence-electron chi connectivity index (χ0n) is 23.2. The molecule has 2 aliphatic heterocycles. The Morgan fingerprint density at radius 3 is 2.83 bits per heavy atom. The van der Waals surface area contributed by atoms with Crippen LogP contribution in [0.25, 0.3) is 0 Å². The standard InChI is InChI=1S/C30H38ClFN4O4/c1-4-10-29(32,18-37)22-7-5-6-21(13-22)19(2)33-27-24-11-20(12-25(24)34-28(31)35-27)8-9-26(38)30(39-3)16-36(17-30)23-14-40-15-23/h4-7,13,19-20,23,37H,1,8-12,14-18H2,2-3H3,(H,33,34,35)/t19-,20?,29?/m1/s1. The van der Waals surface area contributed by atoms with Crippen LogP contribution in [0.15, 0.2) is 36.9 Å². The third-order valence-corrected chi connectivity index (χ3v) is 8.92. The van der Waals surface area contributed by atoms with Crippen LogP contribution in [0.2, 0.25) is 5.28 Å². The third kappa shape index (κ3) is 5.67. The minimum atomic E-state index is -1.88. The molecule has 3 atom stereocenters. The number of allylic oxidation sites excluding steroid dienone is 1. The fourth-order valence-electron chi connectivity index (χ4n) is 6.00. The predicted octanol–water partition coefficient (Wildman–Crippen LogP) is 4.20. The number of likely N-dealkylation sites (tertiary alicyclic amines) is 1. The monoisotopic (exact) mass is 572 g/mol. The molecule has 1 aromatic carbocycles. The van der Waals surface area contributed by atoms with Crippen LogP contribution >= 0.6 is 11.6 Å². The van der Waals surface area contributed by atoms with Crippen LogP contribution in [-0.4, -0.2) is 77.4 Å². The van der Waals surface area contributed by atoms with Gasteiger partial charge in [-0.25, -0.2) is 14.4 Å². The summed E-state index contributed by atoms with van der Waals surface area (Å²) in [6.07, 6.45) is 4.17. The summed E-state index contributed by atoms with van der Waals surface area (Å²) in [4.78, 5) is 24.4. The van der Waals surface area contributed by atoms with Gasteiger partial charge in [-0.1, -0.05) is 30.3 Å². The van der Waals surface area contributed by atoms with Crippen molar-refractivity contribution in [2.75, 3.05) is 45.3 Å². The van der Waals surface area contributed by atoms with Crippen molar-refractivity contribution < 1.29 is 23.8 Å². The lowest BCUT2D eigenvalue weighted by Crippen LogP contribution is -2.71. The van der Waals surface area contributed by atoms with Gasteiger partial charge >= 0.3 is 0 Å². The Hall–Kier alpha value is -2.43. The van der Waals surface area contributed by atoms with E-state index in [0.29, 0.717) is 36.9 Å². The predicted molar refractivity (Wildman–Crippen MR) is 151 cm³/mol. The number of rotatable bonds is 13. The summed E-state index contributed by atoms with van der Waals surface area (Å²) < 4.78 is 26.3. The van der Waals surface area contributed by atoms with Gasteiger partial charge in [-0.05, 0) is 54.8 Å². The lowest BCUT2D eigenvalue weighted by atomic mass is 9.83. The molecule has 3 heterocycles. The molecule has 40 heavy (non-hydrogen) atoms. The van der Waals surface area contributed by atoms with Crippen LogP contribution in [-0.2, 0) is 32.8 Å². The van der Waals surface area contributed by atoms with E-state index in [0.717, 1.165) is 49.3 Å². The molecule has 5 rings (SSSR count). The number of Topliss-reactive ketones (excluding diaryl/α,β-unsaturated/α-hetero) is 1. The fraction of sp³-hybridized carbons (Fsp3) is 0.567. The van der Waals surface area contributed by atoms with Gasteiger partial charge in [0.05, 0.1) is 31.6 Å². The highest BCUT2D eigenvalue weighted by molar-refractivity contribution is 6.28. The number of halogens is 2. The van der Waals surface area contributed by atoms with Gasteiger partial charge in [0.15, 0.2) is 17.1 Å². The van der Waals surface area contributed by atoms with Crippen LogP contribution in [0.1, 0.15) is 54.6 Å². The highest BCUT2D eigenvalue weighted by Crippen LogP contribution is 2.37. The Bertz CT molecular complexity index is 1250. The van der Waals surface area contributed by atoms with E-state index in [1.807, 2.05) is 13.0 Å². The lowest BCUT2D eigenvalue weighted by molar-refractivity contribution is -0.188. The Kier molecular flexibility index (Phi) is 8.59. The number of hydrogen-bond acceptors (Lipinski definition) is 8. The number of aromatic nitrogens is 2. The zero-order valence-corrected chi connectivity index (χ0v) is 23.9. The minimum absolute atomic E-state index is 0.0208. The first-order valence-corrected chi connectivity index (χ1v) is 14.3. The smallest absolute Gasteiger partial charge is 0.224 e. The maximum Gasteiger partial charge on any atom is 0.224 e. The van der Waals surface area contributed by atoms with Crippen molar-refractivity contribution in [1.29, 1.82) is 0 Å². The molecule has 216 valence electrons. The molecule has 10 heteroatoms. The van der Waals surface area contributed by atoms with Crippen LogP contribution in [0, 0.1) is 5.92 Å². The number of aliphatic hydroxyl groups is 1. The van der Waals surface area contributed by atoms with E-state index in [9.17, 15) is 9.90 Å². The molecule has 0 spiro atoms. The molecule has 0 radical (unpaired) electrons. The summed E-state index contributed by atoms with van der Waals surface area (Å²) in [6.45, 7) is 7.69. The first-order valence-electron chi connectivity index (χ1n) is 13.9. The number of ketones is 1. The second kappa shape index (κ2) is 11.8. The van der Waals surface area contributed by atoms with E-state index >= 15 is 4.39 Å². The van der Waals surface area contributed by atoms with Gasteiger partial charge < -0.3 is 19.9 Å². The van der Waals surface area contributed by atoms with Gasteiger partial charge in [0, 0.05) is 44.6 Å². The highest BCUT2D eigenvalue weighted by atomic mass is 35.5. The number of benzene rings is 1. The lowest BCUT2D eigenvalue weighted by Gasteiger charge is -2.53. The SMILES string of the molecule is C=CCC(F)(CO)c1cccc([C@@H](C)Nc2nc(Cl)nc3c2CC(CCC(=O)C2(OC)CN(C4COC4)C2)C3)c1. The molecule has 2 aromatic rings. The van der Waals surface area contributed by atoms with Gasteiger partial charge in [0.25, 0.3) is 0 Å². The Labute approximate surface area is 239 Å². The van der Waals surface area contributed by atoms with Crippen molar-refractivity contribution in [1.82, 2.24) is 14.9 Å². The number of ether oxygens (including phenoxy) is 2. The summed E-state index contributed by atoms with van der Waals surface area (Å²) in [5.74, 6) is 1.07. The molecular weight excluding hydrogens is 535 g/mol. The molecule has 0 amide bonds. The molecule has 0 bridgehead atoms. The number of aliphatic hydroxyl groups excluding tert-OH is 1. The van der Waals surface area contributed by atoms with Crippen LogP contribution in [0.5, 0.6) is 0 Å². The number of fused-ring (bicyclic) bond motifs is 1. The third-order valence-electron chi connectivity index (χ3n) is 8.75. The molecule has 2 saturated heterocycles. The average molecular weight is 573 g/mol. The Morgan fingerprint density at radius 2 is 2.17 bits per heavy atom. The molecule has 2 unspecified atom stereocenters. The Morgan fingerprint density at radius 1 is 1.40 bits per heavy atom. The van der Waals surface area contributed by atoms with Crippen LogP contribution in [0.3, 0.4) is 0 Å². The summed E-state index contributed by atoms with van der Waals surface area (Å²) in [7, 11) is 1.63. The minimum Gasteiger partial charge on any atom is -0.393 e. The molecule has 8 nitrogen and oxygen atoms in total. The fourth-order valence-corrected chi connectivity index (χ4v) is 6.19. The number of carbonyl (C=O) groups is 1. The van der Waals surface area contributed by atoms with E-state index < -0.39 is 17.9 Å². The molecule has 0 saturated carbocycles. The van der Waals surface area contributed by atoms with Crippen molar-refractivity contribution >= 4 is 23.2 Å². The van der Waals surface area contributed by atoms with Crippen molar-refractivity contribution in [2.45, 2.75) is 62.4 Å². The summed E-state index contributed by atoms with van der Waals surface area (Å²) in [6, 6.07) is 7.34. The maximum absolute atomic E-state index is 15.3. The molecule has 3 aliphatic rings. The van der Waals surface area contributed by atoms with Gasteiger partial charge in [0.1, 0.15) is 5.82 Å². The number of hydrogen-bond donors (Lipinski definition) is 2. The van der Waals surface area contributed by atoms with Crippen molar-refractivity contribution in [3.63, 3.8) is 0 Å². The van der Waals surface area contributed by atoms with Gasteiger partial charge in [-0.15, -0.1) is 6.58 Å². The van der Waals surface area contributed by atoms with Gasteiger partial charge in [-0.2, -0.15) is 0 Å². The van der Waals surface area contributed by atoms with Crippen LogP contribution in [0.4, 0.5) is 10.2 Å². The first kappa shape index (κ1) is 29.1. The number of carbonyl (C=O) groups excluding carboxylic acids is 1. The molecule has 2 N–H and O–H groups in total. The molecular formula is C30H38ClFN4O4.